The molecule has 4 amide bonds. The van der Waals surface area contributed by atoms with E-state index in [1.807, 2.05) is 0 Å². The lowest BCUT2D eigenvalue weighted by molar-refractivity contribution is -0.156. The molecule has 1 aliphatic carbocycles. The Balaban J connectivity index is 1.49. The number of anilines is 1. The number of amides is 4. The molecule has 1 aromatic carbocycles. The van der Waals surface area contributed by atoms with Crippen LogP contribution in [0, 0.1) is 6.92 Å². The van der Waals surface area contributed by atoms with Crippen LogP contribution in [-0.2, 0) is 19.1 Å². The Morgan fingerprint density at radius 3 is 2.52 bits per heavy atom. The van der Waals surface area contributed by atoms with Crippen LogP contribution in [0.4, 0.5) is 10.6 Å². The number of esters is 1. The SMILES string of the molecule is Cc1cc(NC(=O)C(OC(=O)CN2C(=O)N(C)C3(CCCCC3)C2=O)c2ccccc2)no1. The monoisotopic (exact) mass is 454 g/mol. The van der Waals surface area contributed by atoms with Crippen LogP contribution in [-0.4, -0.2) is 57.9 Å². The van der Waals surface area contributed by atoms with Crippen molar-refractivity contribution in [1.29, 1.82) is 0 Å². The summed E-state index contributed by atoms with van der Waals surface area (Å²) in [5.74, 6) is -1.20. The van der Waals surface area contributed by atoms with Crippen molar-refractivity contribution in [3.63, 3.8) is 0 Å². The van der Waals surface area contributed by atoms with Gasteiger partial charge >= 0.3 is 12.0 Å². The van der Waals surface area contributed by atoms with Gasteiger partial charge in [-0.3, -0.25) is 19.3 Å². The molecule has 2 aliphatic rings. The third-order valence-corrected chi connectivity index (χ3v) is 6.24. The molecule has 10 nitrogen and oxygen atoms in total. The average Bonchev–Trinajstić information content (AvgIpc) is 3.30. The Bertz CT molecular complexity index is 1060. The number of ether oxygens (including phenoxy) is 1. The van der Waals surface area contributed by atoms with Crippen LogP contribution in [0.3, 0.4) is 0 Å². The van der Waals surface area contributed by atoms with Crippen molar-refractivity contribution < 1.29 is 28.4 Å². The fraction of sp³-hybridized carbons (Fsp3) is 0.435. The lowest BCUT2D eigenvalue weighted by Crippen LogP contribution is -2.49. The van der Waals surface area contributed by atoms with Crippen LogP contribution in [0.15, 0.2) is 40.9 Å². The van der Waals surface area contributed by atoms with E-state index in [0.717, 1.165) is 24.2 Å². The van der Waals surface area contributed by atoms with Crippen LogP contribution >= 0.6 is 0 Å². The lowest BCUT2D eigenvalue weighted by Gasteiger charge is -2.35. The summed E-state index contributed by atoms with van der Waals surface area (Å²) in [5, 5.41) is 6.27. The number of benzene rings is 1. The molecule has 4 rings (SSSR count). The van der Waals surface area contributed by atoms with Gasteiger partial charge in [0.2, 0.25) is 6.10 Å². The summed E-state index contributed by atoms with van der Waals surface area (Å²) >= 11 is 0. The predicted molar refractivity (Wildman–Crippen MR) is 116 cm³/mol. The van der Waals surface area contributed by atoms with E-state index in [0.29, 0.717) is 24.2 Å². The number of urea groups is 1. The summed E-state index contributed by atoms with van der Waals surface area (Å²) in [6, 6.07) is 9.46. The molecule has 0 bridgehead atoms. The Morgan fingerprint density at radius 1 is 1.18 bits per heavy atom. The van der Waals surface area contributed by atoms with Gasteiger partial charge in [0.15, 0.2) is 5.82 Å². The number of nitrogens with zero attached hydrogens (tertiary/aromatic N) is 3. The molecule has 2 fully saturated rings. The summed E-state index contributed by atoms with van der Waals surface area (Å²) in [5.41, 5.74) is -0.458. The highest BCUT2D eigenvalue weighted by molar-refractivity contribution is 6.08. The second-order valence-electron chi connectivity index (χ2n) is 8.42. The van der Waals surface area contributed by atoms with Gasteiger partial charge in [-0.05, 0) is 19.8 Å². The lowest BCUT2D eigenvalue weighted by atomic mass is 9.81. The molecular weight excluding hydrogens is 428 g/mol. The Hall–Kier alpha value is -3.69. The first kappa shape index (κ1) is 22.5. The Kier molecular flexibility index (Phi) is 6.17. The summed E-state index contributed by atoms with van der Waals surface area (Å²) in [6.07, 6.45) is 2.55. The maximum atomic E-state index is 13.1. The summed E-state index contributed by atoms with van der Waals surface area (Å²) < 4.78 is 10.4. The zero-order valence-electron chi connectivity index (χ0n) is 18.6. The van der Waals surface area contributed by atoms with E-state index < -0.39 is 36.1 Å². The molecule has 1 atom stereocenters. The molecule has 33 heavy (non-hydrogen) atoms. The van der Waals surface area contributed by atoms with Crippen LogP contribution in [0.5, 0.6) is 0 Å². The fourth-order valence-corrected chi connectivity index (χ4v) is 4.49. The van der Waals surface area contributed by atoms with Crippen molar-refractivity contribution in [2.24, 2.45) is 0 Å². The van der Waals surface area contributed by atoms with Crippen molar-refractivity contribution in [3.05, 3.63) is 47.7 Å². The van der Waals surface area contributed by atoms with E-state index in [-0.39, 0.29) is 11.7 Å². The number of imide groups is 1. The number of rotatable bonds is 6. The van der Waals surface area contributed by atoms with Gasteiger partial charge < -0.3 is 19.5 Å². The molecule has 1 saturated carbocycles. The third kappa shape index (κ3) is 4.33. The molecule has 0 radical (unpaired) electrons. The second-order valence-corrected chi connectivity index (χ2v) is 8.42. The molecule has 174 valence electrons. The van der Waals surface area contributed by atoms with Crippen molar-refractivity contribution >= 4 is 29.6 Å². The fourth-order valence-electron chi connectivity index (χ4n) is 4.49. The maximum absolute atomic E-state index is 13.1. The topological polar surface area (TPSA) is 122 Å². The highest BCUT2D eigenvalue weighted by Gasteiger charge is 2.56. The summed E-state index contributed by atoms with van der Waals surface area (Å²) in [7, 11) is 1.59. The number of likely N-dealkylation sites (N-methyl/N-ethyl adjacent to an activating group) is 1. The molecular formula is C23H26N4O6. The Labute approximate surface area is 190 Å². The number of hydrogen-bond donors (Lipinski definition) is 1. The van der Waals surface area contributed by atoms with E-state index in [1.165, 1.54) is 11.0 Å². The van der Waals surface area contributed by atoms with Crippen LogP contribution in [0.25, 0.3) is 0 Å². The summed E-state index contributed by atoms with van der Waals surface area (Å²) in [6.45, 7) is 1.11. The molecule has 2 heterocycles. The molecule has 1 saturated heterocycles. The first-order valence-corrected chi connectivity index (χ1v) is 10.9. The van der Waals surface area contributed by atoms with Crippen LogP contribution in [0.2, 0.25) is 0 Å². The van der Waals surface area contributed by atoms with Crippen molar-refractivity contribution in [3.8, 4) is 0 Å². The molecule has 10 heteroatoms. The van der Waals surface area contributed by atoms with Gasteiger partial charge in [0.1, 0.15) is 17.8 Å². The highest BCUT2D eigenvalue weighted by Crippen LogP contribution is 2.39. The number of carbonyl (C=O) groups is 4. The largest absolute Gasteiger partial charge is 0.446 e. The summed E-state index contributed by atoms with van der Waals surface area (Å²) in [4.78, 5) is 54.0. The quantitative estimate of drug-likeness (QED) is 0.526. The van der Waals surface area contributed by atoms with Gasteiger partial charge in [0.05, 0.1) is 0 Å². The minimum atomic E-state index is -1.30. The van der Waals surface area contributed by atoms with Gasteiger partial charge in [0, 0.05) is 18.7 Å². The second kappa shape index (κ2) is 9.05. The number of aromatic nitrogens is 1. The highest BCUT2D eigenvalue weighted by atomic mass is 16.5. The van der Waals surface area contributed by atoms with Crippen molar-refractivity contribution in [1.82, 2.24) is 15.0 Å². The third-order valence-electron chi connectivity index (χ3n) is 6.24. The molecule has 1 N–H and O–H groups in total. The van der Waals surface area contributed by atoms with E-state index in [4.69, 9.17) is 9.26 Å². The minimum absolute atomic E-state index is 0.181. The van der Waals surface area contributed by atoms with E-state index in [1.54, 1.807) is 44.3 Å². The average molecular weight is 454 g/mol. The molecule has 1 spiro atoms. The number of hydrogen-bond acceptors (Lipinski definition) is 7. The first-order chi connectivity index (χ1) is 15.8. The normalized spacial score (nSPS) is 18.5. The number of carbonyl (C=O) groups excluding carboxylic acids is 4. The molecule has 1 aromatic heterocycles. The Morgan fingerprint density at radius 2 is 1.88 bits per heavy atom. The van der Waals surface area contributed by atoms with Gasteiger partial charge in [-0.2, -0.15) is 0 Å². The zero-order valence-corrected chi connectivity index (χ0v) is 18.6. The maximum Gasteiger partial charge on any atom is 0.327 e. The van der Waals surface area contributed by atoms with Crippen molar-refractivity contribution in [2.75, 3.05) is 18.9 Å². The van der Waals surface area contributed by atoms with Crippen LogP contribution in [0.1, 0.15) is 49.5 Å². The van der Waals surface area contributed by atoms with Crippen molar-refractivity contribution in [2.45, 2.75) is 50.7 Å². The van der Waals surface area contributed by atoms with Gasteiger partial charge in [-0.15, -0.1) is 0 Å². The van der Waals surface area contributed by atoms with E-state index in [9.17, 15) is 19.2 Å². The van der Waals surface area contributed by atoms with Gasteiger partial charge in [0.25, 0.3) is 11.8 Å². The number of aryl methyl sites for hydroxylation is 1. The number of nitrogens with one attached hydrogen (secondary N) is 1. The standard InChI is InChI=1S/C23H26N4O6/c1-15-13-17(25-33-15)24-20(29)19(16-9-5-3-6-10-16)32-18(28)14-27-21(30)23(26(2)22(27)31)11-7-4-8-12-23/h3,5-6,9-10,13,19H,4,7-8,11-12,14H2,1-2H3,(H,24,25,29). The smallest absolute Gasteiger partial charge is 0.327 e. The first-order valence-electron chi connectivity index (χ1n) is 10.9. The molecule has 2 aromatic rings. The van der Waals surface area contributed by atoms with E-state index >= 15 is 0 Å². The van der Waals surface area contributed by atoms with E-state index in [2.05, 4.69) is 10.5 Å². The molecule has 1 unspecified atom stereocenters. The predicted octanol–water partition coefficient (Wildman–Crippen LogP) is 2.80. The van der Waals surface area contributed by atoms with Gasteiger partial charge in [-0.25, -0.2) is 4.79 Å². The zero-order chi connectivity index (χ0) is 23.6. The molecule has 1 aliphatic heterocycles. The minimum Gasteiger partial charge on any atom is -0.446 e. The van der Waals surface area contributed by atoms with Crippen LogP contribution < -0.4 is 5.32 Å². The van der Waals surface area contributed by atoms with Gasteiger partial charge in [-0.1, -0.05) is 54.8 Å².